The van der Waals surface area contributed by atoms with Crippen molar-refractivity contribution in [1.29, 1.82) is 0 Å². The smallest absolute Gasteiger partial charge is 0.231 e. The van der Waals surface area contributed by atoms with E-state index in [1.165, 1.54) is 0 Å². The molecule has 5 heteroatoms. The van der Waals surface area contributed by atoms with Crippen LogP contribution in [0.1, 0.15) is 11.1 Å². The van der Waals surface area contributed by atoms with Crippen LogP contribution in [0.25, 0.3) is 0 Å². The molecular formula is C18H17NO4. The Bertz CT molecular complexity index is 744. The van der Waals surface area contributed by atoms with Gasteiger partial charge in [-0.3, -0.25) is 4.79 Å². The van der Waals surface area contributed by atoms with Gasteiger partial charge >= 0.3 is 0 Å². The molecule has 0 aromatic heterocycles. The normalized spacial score (nSPS) is 18.0. The van der Waals surface area contributed by atoms with Crippen LogP contribution in [0.3, 0.4) is 0 Å². The van der Waals surface area contributed by atoms with E-state index in [1.807, 2.05) is 42.5 Å². The lowest BCUT2D eigenvalue weighted by Gasteiger charge is -2.24. The van der Waals surface area contributed by atoms with Gasteiger partial charge in [0.1, 0.15) is 12.4 Å². The summed E-state index contributed by atoms with van der Waals surface area (Å²) in [6.07, 6.45) is 0.711. The first-order valence-electron chi connectivity index (χ1n) is 7.66. The molecule has 2 aliphatic rings. The molecular weight excluding hydrogens is 294 g/mol. The van der Waals surface area contributed by atoms with Gasteiger partial charge in [-0.05, 0) is 35.7 Å². The zero-order valence-corrected chi connectivity index (χ0v) is 12.6. The second-order valence-electron chi connectivity index (χ2n) is 5.73. The molecule has 0 aliphatic carbocycles. The molecule has 1 amide bonds. The highest BCUT2D eigenvalue weighted by Gasteiger charge is 2.25. The molecule has 0 saturated heterocycles. The molecule has 5 nitrogen and oxygen atoms in total. The maximum Gasteiger partial charge on any atom is 0.231 e. The third-order valence-electron chi connectivity index (χ3n) is 4.15. The van der Waals surface area contributed by atoms with Gasteiger partial charge in [0.15, 0.2) is 11.5 Å². The number of para-hydroxylation sites is 1. The molecule has 2 aromatic carbocycles. The van der Waals surface area contributed by atoms with E-state index in [-0.39, 0.29) is 18.6 Å². The second kappa shape index (κ2) is 5.83. The molecule has 0 bridgehead atoms. The number of ether oxygens (including phenoxy) is 3. The molecule has 1 N–H and O–H groups in total. The van der Waals surface area contributed by atoms with E-state index in [9.17, 15) is 4.79 Å². The van der Waals surface area contributed by atoms with Crippen LogP contribution in [0.4, 0.5) is 0 Å². The minimum absolute atomic E-state index is 0.0113. The molecule has 2 heterocycles. The summed E-state index contributed by atoms with van der Waals surface area (Å²) in [6.45, 7) is 1.14. The highest BCUT2D eigenvalue weighted by atomic mass is 16.7. The molecule has 0 fully saturated rings. The molecule has 0 saturated carbocycles. The zero-order chi connectivity index (χ0) is 15.6. The van der Waals surface area contributed by atoms with Crippen LogP contribution in [0.2, 0.25) is 0 Å². The number of rotatable bonds is 3. The Labute approximate surface area is 134 Å². The Morgan fingerprint density at radius 2 is 1.91 bits per heavy atom. The van der Waals surface area contributed by atoms with Crippen LogP contribution in [0, 0.1) is 5.92 Å². The molecule has 2 aromatic rings. The lowest BCUT2D eigenvalue weighted by atomic mass is 9.96. The summed E-state index contributed by atoms with van der Waals surface area (Å²) in [5.41, 5.74) is 2.07. The monoisotopic (exact) mass is 311 g/mol. The number of carbonyl (C=O) groups is 1. The van der Waals surface area contributed by atoms with Gasteiger partial charge in [-0.2, -0.15) is 0 Å². The second-order valence-corrected chi connectivity index (χ2v) is 5.73. The summed E-state index contributed by atoms with van der Waals surface area (Å²) in [4.78, 5) is 12.4. The summed E-state index contributed by atoms with van der Waals surface area (Å²) in [5, 5.41) is 2.98. The van der Waals surface area contributed by atoms with E-state index in [4.69, 9.17) is 14.2 Å². The Kier molecular flexibility index (Phi) is 3.54. The highest BCUT2D eigenvalue weighted by Crippen LogP contribution is 2.32. The fraction of sp³-hybridized carbons (Fsp3) is 0.278. The number of hydrogen-bond acceptors (Lipinski definition) is 4. The van der Waals surface area contributed by atoms with E-state index < -0.39 is 0 Å². The van der Waals surface area contributed by atoms with Gasteiger partial charge in [-0.25, -0.2) is 0 Å². The number of carbonyl (C=O) groups excluding carboxylic acids is 1. The van der Waals surface area contributed by atoms with Crippen molar-refractivity contribution in [3.05, 3.63) is 53.6 Å². The van der Waals surface area contributed by atoms with Crippen molar-refractivity contribution in [2.45, 2.75) is 13.0 Å². The lowest BCUT2D eigenvalue weighted by Crippen LogP contribution is -2.37. The maximum absolute atomic E-state index is 12.4. The van der Waals surface area contributed by atoms with E-state index in [0.29, 0.717) is 19.6 Å². The van der Waals surface area contributed by atoms with E-state index >= 15 is 0 Å². The van der Waals surface area contributed by atoms with Gasteiger partial charge in [0.25, 0.3) is 0 Å². The SMILES string of the molecule is O=C(NCc1ccc2c(c1)OCO2)C1COc2ccccc2C1. The van der Waals surface area contributed by atoms with Crippen LogP contribution < -0.4 is 19.5 Å². The van der Waals surface area contributed by atoms with Crippen LogP contribution in [0.5, 0.6) is 17.2 Å². The van der Waals surface area contributed by atoms with E-state index in [2.05, 4.69) is 5.32 Å². The number of fused-ring (bicyclic) bond motifs is 2. The van der Waals surface area contributed by atoms with E-state index in [0.717, 1.165) is 28.4 Å². The summed E-state index contributed by atoms with van der Waals surface area (Å²) in [5.74, 6) is 2.22. The van der Waals surface area contributed by atoms with Gasteiger partial charge < -0.3 is 19.5 Å². The highest BCUT2D eigenvalue weighted by molar-refractivity contribution is 5.79. The molecule has 118 valence electrons. The molecule has 1 atom stereocenters. The summed E-state index contributed by atoms with van der Waals surface area (Å²) in [6, 6.07) is 13.6. The molecule has 4 rings (SSSR count). The Hall–Kier alpha value is -2.69. The topological polar surface area (TPSA) is 56.8 Å². The van der Waals surface area contributed by atoms with Gasteiger partial charge in [-0.1, -0.05) is 24.3 Å². The van der Waals surface area contributed by atoms with Crippen molar-refractivity contribution < 1.29 is 19.0 Å². The molecule has 0 radical (unpaired) electrons. The van der Waals surface area contributed by atoms with Crippen molar-refractivity contribution in [2.75, 3.05) is 13.4 Å². The number of nitrogens with one attached hydrogen (secondary N) is 1. The lowest BCUT2D eigenvalue weighted by molar-refractivity contribution is -0.126. The van der Waals surface area contributed by atoms with Crippen LogP contribution in [0.15, 0.2) is 42.5 Å². The average molecular weight is 311 g/mol. The molecule has 2 aliphatic heterocycles. The standard InChI is InChI=1S/C18H17NO4/c20-18(14-8-13-3-1-2-4-15(13)21-10-14)19-9-12-5-6-16-17(7-12)23-11-22-16/h1-7,14H,8-11H2,(H,19,20). The molecule has 23 heavy (non-hydrogen) atoms. The summed E-state index contributed by atoms with van der Waals surface area (Å²) in [7, 11) is 0. The Morgan fingerprint density at radius 3 is 2.87 bits per heavy atom. The van der Waals surface area contributed by atoms with Gasteiger partial charge in [0.05, 0.1) is 5.92 Å². The molecule has 0 spiro atoms. The predicted octanol–water partition coefficient (Wildman–Crippen LogP) is 2.28. The first kappa shape index (κ1) is 13.9. The first-order chi connectivity index (χ1) is 11.3. The van der Waals surface area contributed by atoms with Gasteiger partial charge in [-0.15, -0.1) is 0 Å². The predicted molar refractivity (Wildman–Crippen MR) is 83.5 cm³/mol. The average Bonchev–Trinajstić information content (AvgIpc) is 3.07. The quantitative estimate of drug-likeness (QED) is 0.945. The zero-order valence-electron chi connectivity index (χ0n) is 12.6. The summed E-state index contributed by atoms with van der Waals surface area (Å²) >= 11 is 0. The van der Waals surface area contributed by atoms with Crippen LogP contribution in [-0.2, 0) is 17.8 Å². The van der Waals surface area contributed by atoms with Gasteiger partial charge in [0, 0.05) is 6.54 Å². The van der Waals surface area contributed by atoms with Crippen molar-refractivity contribution >= 4 is 5.91 Å². The first-order valence-corrected chi connectivity index (χ1v) is 7.66. The van der Waals surface area contributed by atoms with Crippen molar-refractivity contribution in [3.8, 4) is 17.2 Å². The third-order valence-corrected chi connectivity index (χ3v) is 4.15. The minimum atomic E-state index is -0.154. The van der Waals surface area contributed by atoms with Crippen LogP contribution in [-0.4, -0.2) is 19.3 Å². The van der Waals surface area contributed by atoms with Crippen molar-refractivity contribution in [1.82, 2.24) is 5.32 Å². The van der Waals surface area contributed by atoms with E-state index in [1.54, 1.807) is 0 Å². The van der Waals surface area contributed by atoms with Gasteiger partial charge in [0.2, 0.25) is 12.7 Å². The fourth-order valence-electron chi connectivity index (χ4n) is 2.88. The van der Waals surface area contributed by atoms with Crippen molar-refractivity contribution in [3.63, 3.8) is 0 Å². The number of hydrogen-bond donors (Lipinski definition) is 1. The van der Waals surface area contributed by atoms with Crippen molar-refractivity contribution in [2.24, 2.45) is 5.92 Å². The third kappa shape index (κ3) is 2.82. The molecule has 1 unspecified atom stereocenters. The van der Waals surface area contributed by atoms with Crippen LogP contribution >= 0.6 is 0 Å². The Balaban J connectivity index is 1.37. The Morgan fingerprint density at radius 1 is 1.04 bits per heavy atom. The maximum atomic E-state index is 12.4. The minimum Gasteiger partial charge on any atom is -0.492 e. The fourth-order valence-corrected chi connectivity index (χ4v) is 2.88. The number of amides is 1. The summed E-state index contributed by atoms with van der Waals surface area (Å²) < 4.78 is 16.3. The largest absolute Gasteiger partial charge is 0.492 e. The number of benzene rings is 2.